The van der Waals surface area contributed by atoms with Crippen LogP contribution in [0.4, 0.5) is 11.5 Å². The molecule has 0 bridgehead atoms. The highest BCUT2D eigenvalue weighted by Gasteiger charge is 2.26. The summed E-state index contributed by atoms with van der Waals surface area (Å²) in [5.74, 6) is 0.466. The van der Waals surface area contributed by atoms with E-state index in [9.17, 15) is 10.1 Å². The monoisotopic (exact) mass is 250 g/mol. The molecule has 1 unspecified atom stereocenters. The van der Waals surface area contributed by atoms with Crippen LogP contribution in [0.5, 0.6) is 0 Å². The van der Waals surface area contributed by atoms with Gasteiger partial charge >= 0.3 is 5.69 Å². The fourth-order valence-electron chi connectivity index (χ4n) is 2.36. The number of rotatable bonds is 3. The molecule has 1 saturated heterocycles. The van der Waals surface area contributed by atoms with Crippen LogP contribution in [0.2, 0.25) is 0 Å². The van der Waals surface area contributed by atoms with E-state index in [1.807, 2.05) is 11.9 Å². The maximum atomic E-state index is 11.2. The zero-order chi connectivity index (χ0) is 13.1. The summed E-state index contributed by atoms with van der Waals surface area (Å²) in [7, 11) is 1.88. The van der Waals surface area contributed by atoms with Crippen molar-refractivity contribution in [2.45, 2.75) is 25.8 Å². The van der Waals surface area contributed by atoms with Crippen LogP contribution in [0, 0.1) is 17.0 Å². The van der Waals surface area contributed by atoms with Crippen molar-refractivity contribution in [2.75, 3.05) is 25.0 Å². The van der Waals surface area contributed by atoms with Gasteiger partial charge in [0, 0.05) is 31.4 Å². The standard InChI is InChI=1S/C12H18N4O2/c1-9-5-7-14-12(11(9)16(17)18)15(2)10-4-3-6-13-8-10/h5,7,10,13H,3-4,6,8H2,1-2H3. The molecule has 1 N–H and O–H groups in total. The average Bonchev–Trinajstić information content (AvgIpc) is 2.38. The smallest absolute Gasteiger partial charge is 0.314 e. The predicted molar refractivity (Wildman–Crippen MR) is 69.9 cm³/mol. The predicted octanol–water partition coefficient (Wildman–Crippen LogP) is 1.49. The zero-order valence-electron chi connectivity index (χ0n) is 10.7. The molecule has 2 rings (SSSR count). The van der Waals surface area contributed by atoms with Crippen molar-refractivity contribution in [1.29, 1.82) is 0 Å². The van der Waals surface area contributed by atoms with Crippen molar-refractivity contribution in [3.63, 3.8) is 0 Å². The van der Waals surface area contributed by atoms with Gasteiger partial charge in [0.2, 0.25) is 5.82 Å². The Balaban J connectivity index is 2.31. The number of piperidine rings is 1. The SMILES string of the molecule is Cc1ccnc(N(C)C2CCCNC2)c1[N+](=O)[O-]. The quantitative estimate of drug-likeness (QED) is 0.650. The second-order valence-corrected chi connectivity index (χ2v) is 4.67. The molecule has 0 aromatic carbocycles. The lowest BCUT2D eigenvalue weighted by Gasteiger charge is -2.32. The second kappa shape index (κ2) is 5.30. The second-order valence-electron chi connectivity index (χ2n) is 4.67. The van der Waals surface area contributed by atoms with Crippen LogP contribution in [0.15, 0.2) is 12.3 Å². The van der Waals surface area contributed by atoms with Crippen LogP contribution in [-0.2, 0) is 0 Å². The molecule has 1 atom stereocenters. The summed E-state index contributed by atoms with van der Waals surface area (Å²) in [4.78, 5) is 16.9. The number of hydrogen-bond donors (Lipinski definition) is 1. The molecular weight excluding hydrogens is 232 g/mol. The fraction of sp³-hybridized carbons (Fsp3) is 0.583. The number of nitro groups is 1. The lowest BCUT2D eigenvalue weighted by Crippen LogP contribution is -2.44. The summed E-state index contributed by atoms with van der Waals surface area (Å²) in [6.07, 6.45) is 3.76. The zero-order valence-corrected chi connectivity index (χ0v) is 10.7. The minimum absolute atomic E-state index is 0.116. The molecule has 0 saturated carbocycles. The molecule has 1 aliphatic rings. The lowest BCUT2D eigenvalue weighted by molar-refractivity contribution is -0.384. The molecule has 1 fully saturated rings. The molecule has 98 valence electrons. The Labute approximate surface area is 106 Å². The normalized spacial score (nSPS) is 19.6. The van der Waals surface area contributed by atoms with Crippen LogP contribution in [0.3, 0.4) is 0 Å². The number of pyridine rings is 1. The van der Waals surface area contributed by atoms with Crippen molar-refractivity contribution in [2.24, 2.45) is 0 Å². The molecule has 1 aromatic rings. The molecule has 2 heterocycles. The molecule has 1 aliphatic heterocycles. The molecule has 0 spiro atoms. The average molecular weight is 250 g/mol. The van der Waals surface area contributed by atoms with E-state index >= 15 is 0 Å². The van der Waals surface area contributed by atoms with Crippen molar-refractivity contribution in [3.8, 4) is 0 Å². The fourth-order valence-corrected chi connectivity index (χ4v) is 2.36. The number of nitrogens with zero attached hydrogens (tertiary/aromatic N) is 3. The first-order valence-electron chi connectivity index (χ1n) is 6.15. The van der Waals surface area contributed by atoms with Crippen LogP contribution in [0.1, 0.15) is 18.4 Å². The number of likely N-dealkylation sites (N-methyl/N-ethyl adjacent to an activating group) is 1. The molecule has 6 heteroatoms. The van der Waals surface area contributed by atoms with Gasteiger partial charge in [-0.05, 0) is 32.4 Å². The van der Waals surface area contributed by atoms with E-state index in [1.54, 1.807) is 19.2 Å². The van der Waals surface area contributed by atoms with Gasteiger partial charge < -0.3 is 10.2 Å². The van der Waals surface area contributed by atoms with Crippen molar-refractivity contribution in [3.05, 3.63) is 27.9 Å². The van der Waals surface area contributed by atoms with E-state index < -0.39 is 0 Å². The number of hydrogen-bond acceptors (Lipinski definition) is 5. The van der Waals surface area contributed by atoms with E-state index in [0.717, 1.165) is 25.9 Å². The van der Waals surface area contributed by atoms with Crippen molar-refractivity contribution < 1.29 is 4.92 Å². The van der Waals surface area contributed by atoms with Gasteiger partial charge in [-0.25, -0.2) is 4.98 Å². The molecule has 0 amide bonds. The summed E-state index contributed by atoms with van der Waals surface area (Å²) in [6, 6.07) is 1.95. The number of nitrogens with one attached hydrogen (secondary N) is 1. The van der Waals surface area contributed by atoms with Gasteiger partial charge in [0.05, 0.1) is 4.92 Å². The number of aryl methyl sites for hydroxylation is 1. The number of anilines is 1. The summed E-state index contributed by atoms with van der Waals surface area (Å²) in [5.41, 5.74) is 0.770. The molecular formula is C12H18N4O2. The van der Waals surface area contributed by atoms with E-state index in [4.69, 9.17) is 0 Å². The Morgan fingerprint density at radius 3 is 3.00 bits per heavy atom. The minimum Gasteiger partial charge on any atom is -0.350 e. The highest BCUT2D eigenvalue weighted by atomic mass is 16.6. The number of aromatic nitrogens is 1. The van der Waals surface area contributed by atoms with Crippen LogP contribution >= 0.6 is 0 Å². The molecule has 0 radical (unpaired) electrons. The third kappa shape index (κ3) is 2.43. The van der Waals surface area contributed by atoms with E-state index in [-0.39, 0.29) is 16.7 Å². The first kappa shape index (κ1) is 12.8. The highest BCUT2D eigenvalue weighted by Crippen LogP contribution is 2.30. The van der Waals surface area contributed by atoms with Gasteiger partial charge in [-0.2, -0.15) is 0 Å². The molecule has 1 aromatic heterocycles. The van der Waals surface area contributed by atoms with Gasteiger partial charge in [0.1, 0.15) is 0 Å². The first-order chi connectivity index (χ1) is 8.61. The summed E-state index contributed by atoms with van der Waals surface area (Å²) in [5, 5.41) is 14.5. The van der Waals surface area contributed by atoms with E-state index in [0.29, 0.717) is 11.4 Å². The molecule has 6 nitrogen and oxygen atoms in total. The van der Waals surface area contributed by atoms with E-state index in [2.05, 4.69) is 10.3 Å². The van der Waals surface area contributed by atoms with Gasteiger partial charge in [0.25, 0.3) is 0 Å². The summed E-state index contributed by atoms with van der Waals surface area (Å²) in [6.45, 7) is 3.62. The maximum absolute atomic E-state index is 11.2. The van der Waals surface area contributed by atoms with Crippen molar-refractivity contribution in [1.82, 2.24) is 10.3 Å². The summed E-state index contributed by atoms with van der Waals surface area (Å²) >= 11 is 0. The topological polar surface area (TPSA) is 71.3 Å². The Morgan fingerprint density at radius 1 is 1.61 bits per heavy atom. The van der Waals surface area contributed by atoms with Gasteiger partial charge in [0.15, 0.2) is 0 Å². The van der Waals surface area contributed by atoms with Gasteiger partial charge in [-0.1, -0.05) is 0 Å². The van der Waals surface area contributed by atoms with Crippen LogP contribution in [-0.4, -0.2) is 36.1 Å². The van der Waals surface area contributed by atoms with Crippen LogP contribution in [0.25, 0.3) is 0 Å². The third-order valence-corrected chi connectivity index (χ3v) is 3.44. The Bertz CT molecular complexity index is 444. The van der Waals surface area contributed by atoms with Gasteiger partial charge in [-0.15, -0.1) is 0 Å². The minimum atomic E-state index is -0.343. The Hall–Kier alpha value is -1.69. The van der Waals surface area contributed by atoms with Gasteiger partial charge in [-0.3, -0.25) is 10.1 Å². The summed E-state index contributed by atoms with van der Waals surface area (Å²) < 4.78 is 0. The first-order valence-corrected chi connectivity index (χ1v) is 6.15. The van der Waals surface area contributed by atoms with E-state index in [1.165, 1.54) is 0 Å². The maximum Gasteiger partial charge on any atom is 0.314 e. The Morgan fingerprint density at radius 2 is 2.39 bits per heavy atom. The molecule has 18 heavy (non-hydrogen) atoms. The lowest BCUT2D eigenvalue weighted by atomic mass is 10.1. The molecule has 0 aliphatic carbocycles. The largest absolute Gasteiger partial charge is 0.350 e. The highest BCUT2D eigenvalue weighted by molar-refractivity contribution is 5.61. The third-order valence-electron chi connectivity index (χ3n) is 3.44. The van der Waals surface area contributed by atoms with Crippen LogP contribution < -0.4 is 10.2 Å². The van der Waals surface area contributed by atoms with Crippen molar-refractivity contribution >= 4 is 11.5 Å². The Kier molecular flexibility index (Phi) is 3.76.